The molecule has 0 aliphatic carbocycles. The van der Waals surface area contributed by atoms with Crippen molar-refractivity contribution < 1.29 is 9.16 Å². The molecule has 0 N–H and O–H groups in total. The van der Waals surface area contributed by atoms with Gasteiger partial charge in [0.2, 0.25) is 10.5 Å². The molecule has 1 rings (SSSR count). The lowest BCUT2D eigenvalue weighted by Gasteiger charge is -2.22. The Bertz CT molecular complexity index is 375. The van der Waals surface area contributed by atoms with Gasteiger partial charge in [0.25, 0.3) is 0 Å². The molecule has 1 aromatic carbocycles. The van der Waals surface area contributed by atoms with E-state index in [2.05, 4.69) is 29.2 Å². The van der Waals surface area contributed by atoms with E-state index >= 15 is 0 Å². The SMILES string of the molecule is C=Cc1cccc(COCCCC(C)(C)O[Si])c1. The highest BCUT2D eigenvalue weighted by molar-refractivity contribution is 5.98. The number of benzene rings is 1. The van der Waals surface area contributed by atoms with Crippen LogP contribution in [0.2, 0.25) is 0 Å². The van der Waals surface area contributed by atoms with Gasteiger partial charge in [0.15, 0.2) is 0 Å². The van der Waals surface area contributed by atoms with Crippen molar-refractivity contribution in [3.05, 3.63) is 42.0 Å². The normalized spacial score (nSPS) is 11.5. The molecule has 0 amide bonds. The smallest absolute Gasteiger partial charge is 0.246 e. The van der Waals surface area contributed by atoms with Gasteiger partial charge < -0.3 is 9.16 Å². The molecule has 0 saturated carbocycles. The standard InChI is InChI=1S/C15H21O2Si/c1-4-13-7-5-8-14(11-13)12-16-10-6-9-15(2,3)17-18/h4-5,7-8,11H,1,6,9-10,12H2,2-3H3. The second-order valence-electron chi connectivity index (χ2n) is 4.97. The lowest BCUT2D eigenvalue weighted by molar-refractivity contribution is 0.0749. The Kier molecular flexibility index (Phi) is 6.33. The average molecular weight is 261 g/mol. The maximum Gasteiger partial charge on any atom is 0.246 e. The van der Waals surface area contributed by atoms with Crippen LogP contribution >= 0.6 is 0 Å². The molecule has 0 saturated heterocycles. The van der Waals surface area contributed by atoms with Crippen LogP contribution < -0.4 is 0 Å². The van der Waals surface area contributed by atoms with Gasteiger partial charge in [0.1, 0.15) is 0 Å². The molecule has 18 heavy (non-hydrogen) atoms. The molecule has 3 heteroatoms. The van der Waals surface area contributed by atoms with Crippen molar-refractivity contribution in [3.8, 4) is 0 Å². The van der Waals surface area contributed by atoms with Crippen LogP contribution in [0.15, 0.2) is 30.8 Å². The van der Waals surface area contributed by atoms with E-state index in [0.29, 0.717) is 6.61 Å². The number of rotatable bonds is 8. The molecule has 0 spiro atoms. The third-order valence-corrected chi connectivity index (χ3v) is 3.35. The van der Waals surface area contributed by atoms with Crippen LogP contribution in [0.25, 0.3) is 6.08 Å². The van der Waals surface area contributed by atoms with Gasteiger partial charge in [-0.05, 0) is 43.9 Å². The maximum absolute atomic E-state index is 5.65. The molecule has 0 heterocycles. The Balaban J connectivity index is 2.23. The molecule has 0 bridgehead atoms. The summed E-state index contributed by atoms with van der Waals surface area (Å²) in [6, 6.07) is 8.22. The zero-order chi connectivity index (χ0) is 13.4. The number of ether oxygens (including phenoxy) is 1. The first-order chi connectivity index (χ1) is 8.57. The van der Waals surface area contributed by atoms with Gasteiger partial charge in [-0.1, -0.05) is 30.9 Å². The van der Waals surface area contributed by atoms with E-state index in [4.69, 9.17) is 9.16 Å². The molecule has 1 aromatic rings. The topological polar surface area (TPSA) is 18.5 Å². The molecule has 2 nitrogen and oxygen atoms in total. The van der Waals surface area contributed by atoms with Gasteiger partial charge >= 0.3 is 0 Å². The first-order valence-electron chi connectivity index (χ1n) is 6.21. The fraction of sp³-hybridized carbons (Fsp3) is 0.467. The summed E-state index contributed by atoms with van der Waals surface area (Å²) in [6.45, 7) is 9.25. The summed E-state index contributed by atoms with van der Waals surface area (Å²) in [7, 11) is 3.09. The number of hydrogen-bond acceptors (Lipinski definition) is 2. The van der Waals surface area contributed by atoms with E-state index in [9.17, 15) is 0 Å². The van der Waals surface area contributed by atoms with Crippen molar-refractivity contribution in [2.75, 3.05) is 6.61 Å². The van der Waals surface area contributed by atoms with E-state index in [1.54, 1.807) is 0 Å². The zero-order valence-corrected chi connectivity index (χ0v) is 12.2. The Hall–Kier alpha value is -0.903. The maximum atomic E-state index is 5.65. The van der Waals surface area contributed by atoms with Crippen molar-refractivity contribution in [1.29, 1.82) is 0 Å². The first kappa shape index (κ1) is 15.2. The highest BCUT2D eigenvalue weighted by Gasteiger charge is 2.14. The predicted molar refractivity (Wildman–Crippen MR) is 76.3 cm³/mol. The van der Waals surface area contributed by atoms with Gasteiger partial charge in [-0.15, -0.1) is 0 Å². The predicted octanol–water partition coefficient (Wildman–Crippen LogP) is 3.51. The second-order valence-corrected chi connectivity index (χ2v) is 5.17. The van der Waals surface area contributed by atoms with Crippen LogP contribution in [0.3, 0.4) is 0 Å². The summed E-state index contributed by atoms with van der Waals surface area (Å²) in [5, 5.41) is 0. The molecular formula is C15H21O2Si. The Labute approximate surface area is 114 Å². The highest BCUT2D eigenvalue weighted by atomic mass is 28.2. The fourth-order valence-corrected chi connectivity index (χ4v) is 1.75. The van der Waals surface area contributed by atoms with Gasteiger partial charge in [0.05, 0.1) is 12.2 Å². The molecule has 0 fully saturated rings. The van der Waals surface area contributed by atoms with Crippen molar-refractivity contribution in [2.24, 2.45) is 0 Å². The Morgan fingerprint density at radius 1 is 1.39 bits per heavy atom. The second kappa shape index (κ2) is 7.51. The monoisotopic (exact) mass is 261 g/mol. The molecule has 0 unspecified atom stereocenters. The van der Waals surface area contributed by atoms with Gasteiger partial charge in [-0.25, -0.2) is 0 Å². The largest absolute Gasteiger partial charge is 0.414 e. The summed E-state index contributed by atoms with van der Waals surface area (Å²) in [4.78, 5) is 0. The van der Waals surface area contributed by atoms with E-state index in [-0.39, 0.29) is 5.60 Å². The Morgan fingerprint density at radius 3 is 2.83 bits per heavy atom. The lowest BCUT2D eigenvalue weighted by Crippen LogP contribution is -2.23. The van der Waals surface area contributed by atoms with E-state index in [1.807, 2.05) is 32.1 Å². The quantitative estimate of drug-likeness (QED) is 0.527. The highest BCUT2D eigenvalue weighted by Crippen LogP contribution is 2.15. The van der Waals surface area contributed by atoms with Gasteiger partial charge in [0, 0.05) is 6.61 Å². The molecule has 0 atom stereocenters. The summed E-state index contributed by atoms with van der Waals surface area (Å²) in [5.74, 6) is 0. The minimum Gasteiger partial charge on any atom is -0.414 e. The third kappa shape index (κ3) is 5.62. The summed E-state index contributed by atoms with van der Waals surface area (Å²) < 4.78 is 10.8. The van der Waals surface area contributed by atoms with Crippen LogP contribution in [0.5, 0.6) is 0 Å². The van der Waals surface area contributed by atoms with Crippen molar-refractivity contribution >= 4 is 16.6 Å². The van der Waals surface area contributed by atoms with Crippen LogP contribution in [0, 0.1) is 0 Å². The molecular weight excluding hydrogens is 240 g/mol. The zero-order valence-electron chi connectivity index (χ0n) is 11.2. The first-order valence-corrected chi connectivity index (χ1v) is 6.62. The minimum absolute atomic E-state index is 0.136. The molecule has 0 aliphatic heterocycles. The molecule has 3 radical (unpaired) electrons. The summed E-state index contributed by atoms with van der Waals surface area (Å²) in [6.07, 6.45) is 3.79. The van der Waals surface area contributed by atoms with Crippen LogP contribution in [0.1, 0.15) is 37.8 Å². The average Bonchev–Trinajstić information content (AvgIpc) is 2.38. The van der Waals surface area contributed by atoms with Crippen LogP contribution in [-0.4, -0.2) is 22.7 Å². The summed E-state index contributed by atoms with van der Waals surface area (Å²) in [5.41, 5.74) is 2.18. The molecule has 0 aromatic heterocycles. The van der Waals surface area contributed by atoms with E-state index < -0.39 is 0 Å². The Morgan fingerprint density at radius 2 is 2.17 bits per heavy atom. The fourth-order valence-electron chi connectivity index (χ4n) is 1.65. The van der Waals surface area contributed by atoms with Crippen molar-refractivity contribution in [2.45, 2.75) is 38.9 Å². The minimum atomic E-state index is -0.136. The van der Waals surface area contributed by atoms with E-state index in [1.165, 1.54) is 5.56 Å². The lowest BCUT2D eigenvalue weighted by atomic mass is 10.0. The number of hydrogen-bond donors (Lipinski definition) is 0. The summed E-state index contributed by atoms with van der Waals surface area (Å²) >= 11 is 0. The van der Waals surface area contributed by atoms with E-state index in [0.717, 1.165) is 25.0 Å². The van der Waals surface area contributed by atoms with Gasteiger partial charge in [-0.3, -0.25) is 0 Å². The third-order valence-electron chi connectivity index (χ3n) is 2.80. The molecule has 97 valence electrons. The van der Waals surface area contributed by atoms with Crippen LogP contribution in [-0.2, 0) is 15.8 Å². The van der Waals surface area contributed by atoms with Crippen molar-refractivity contribution in [1.82, 2.24) is 0 Å². The van der Waals surface area contributed by atoms with Crippen LogP contribution in [0.4, 0.5) is 0 Å². The molecule has 0 aliphatic rings. The van der Waals surface area contributed by atoms with Crippen molar-refractivity contribution in [3.63, 3.8) is 0 Å². The van der Waals surface area contributed by atoms with Gasteiger partial charge in [-0.2, -0.15) is 0 Å².